The zero-order valence-corrected chi connectivity index (χ0v) is 15.2. The van der Waals surface area contributed by atoms with Crippen molar-refractivity contribution in [2.75, 3.05) is 25.6 Å². The Balaban J connectivity index is 2.18. The molecule has 2 atom stereocenters. The predicted molar refractivity (Wildman–Crippen MR) is 96.7 cm³/mol. The first kappa shape index (κ1) is 18.2. The number of nitrogens with zero attached hydrogens (tertiary/aromatic N) is 1. The minimum absolute atomic E-state index is 0.0671. The van der Waals surface area contributed by atoms with Gasteiger partial charge in [0.05, 0.1) is 0 Å². The molecule has 1 unspecified atom stereocenters. The van der Waals surface area contributed by atoms with E-state index in [4.69, 9.17) is 4.74 Å². The number of rotatable bonds is 6. The maximum atomic E-state index is 11.5. The molecule has 0 saturated heterocycles. The molecule has 24 heavy (non-hydrogen) atoms. The van der Waals surface area contributed by atoms with Gasteiger partial charge in [-0.3, -0.25) is 0 Å². The van der Waals surface area contributed by atoms with Crippen LogP contribution in [-0.4, -0.2) is 37.8 Å². The van der Waals surface area contributed by atoms with Crippen LogP contribution in [0.15, 0.2) is 29.5 Å². The predicted octanol–water partition coefficient (Wildman–Crippen LogP) is 3.05. The van der Waals surface area contributed by atoms with Gasteiger partial charge in [0.2, 0.25) is 0 Å². The molecule has 1 aromatic rings. The van der Waals surface area contributed by atoms with Crippen LogP contribution in [0.25, 0.3) is 0 Å². The van der Waals surface area contributed by atoms with Gasteiger partial charge in [-0.1, -0.05) is 26.3 Å². The summed E-state index contributed by atoms with van der Waals surface area (Å²) in [5.74, 6) is 0.170. The van der Waals surface area contributed by atoms with E-state index in [0.717, 1.165) is 41.1 Å². The zero-order valence-electron chi connectivity index (χ0n) is 15.2. The molecule has 0 bridgehead atoms. The number of nitrogens with one attached hydrogen (secondary N) is 1. The van der Waals surface area contributed by atoms with Crippen molar-refractivity contribution in [2.45, 2.75) is 39.7 Å². The van der Waals surface area contributed by atoms with E-state index in [1.54, 1.807) is 0 Å². The molecule has 0 spiro atoms. The number of allylic oxidation sites excluding steroid dienone is 1. The Bertz CT molecular complexity index is 637. The number of carbonyl (C=O) groups is 1. The topological polar surface area (TPSA) is 61.8 Å². The second kappa shape index (κ2) is 7.60. The molecular formula is C19H28N2O3. The maximum Gasteiger partial charge on any atom is 0.326 e. The van der Waals surface area contributed by atoms with E-state index < -0.39 is 12.0 Å². The van der Waals surface area contributed by atoms with Gasteiger partial charge >= 0.3 is 5.97 Å². The number of benzene rings is 1. The van der Waals surface area contributed by atoms with Crippen molar-refractivity contribution in [1.29, 1.82) is 0 Å². The number of hydrogen-bond donors (Lipinski definition) is 2. The molecule has 0 fully saturated rings. The average molecular weight is 332 g/mol. The molecular weight excluding hydrogens is 304 g/mol. The second-order valence-electron chi connectivity index (χ2n) is 6.73. The third kappa shape index (κ3) is 4.02. The third-order valence-electron chi connectivity index (χ3n) is 4.75. The van der Waals surface area contributed by atoms with Crippen LogP contribution in [0.2, 0.25) is 0 Å². The maximum absolute atomic E-state index is 11.5. The van der Waals surface area contributed by atoms with Crippen LogP contribution < -0.4 is 15.0 Å². The van der Waals surface area contributed by atoms with Crippen molar-refractivity contribution < 1.29 is 14.6 Å². The highest BCUT2D eigenvalue weighted by Gasteiger charge is 2.25. The van der Waals surface area contributed by atoms with E-state index in [2.05, 4.69) is 17.4 Å². The minimum Gasteiger partial charge on any atom is -0.489 e. The summed E-state index contributed by atoms with van der Waals surface area (Å²) >= 11 is 0. The highest BCUT2D eigenvalue weighted by Crippen LogP contribution is 2.31. The van der Waals surface area contributed by atoms with Crippen molar-refractivity contribution in [3.05, 3.63) is 35.0 Å². The van der Waals surface area contributed by atoms with Gasteiger partial charge < -0.3 is 20.1 Å². The number of carboxylic acids is 1. The average Bonchev–Trinajstić information content (AvgIpc) is 2.57. The summed E-state index contributed by atoms with van der Waals surface area (Å²) in [5, 5.41) is 12.6. The van der Waals surface area contributed by atoms with Gasteiger partial charge in [0, 0.05) is 38.0 Å². The number of aliphatic carboxylic acids is 1. The van der Waals surface area contributed by atoms with Gasteiger partial charge in [-0.05, 0) is 30.0 Å². The van der Waals surface area contributed by atoms with Crippen molar-refractivity contribution >= 4 is 11.7 Å². The van der Waals surface area contributed by atoms with Crippen molar-refractivity contribution in [2.24, 2.45) is 5.92 Å². The van der Waals surface area contributed by atoms with E-state index in [1.807, 2.05) is 45.8 Å². The van der Waals surface area contributed by atoms with Crippen LogP contribution in [0.1, 0.15) is 32.8 Å². The number of anilines is 1. The van der Waals surface area contributed by atoms with Gasteiger partial charge in [0.15, 0.2) is 0 Å². The summed E-state index contributed by atoms with van der Waals surface area (Å²) in [6.45, 7) is 6.40. The Morgan fingerprint density at radius 3 is 2.71 bits per heavy atom. The number of hydrogen-bond acceptors (Lipinski definition) is 4. The fraction of sp³-hybridized carbons (Fsp3) is 0.526. The number of carboxylic acid groups (broad SMARTS) is 1. The lowest BCUT2D eigenvalue weighted by Crippen LogP contribution is -2.41. The van der Waals surface area contributed by atoms with Crippen LogP contribution >= 0.6 is 0 Å². The first-order chi connectivity index (χ1) is 11.3. The molecule has 0 radical (unpaired) electrons. The SMILES string of the molecule is CCC(C)[C@H](N/C(C)=C1/COc2cc(N(C)C)ccc2C1)C(=O)O. The molecule has 132 valence electrons. The molecule has 0 amide bonds. The monoisotopic (exact) mass is 332 g/mol. The summed E-state index contributed by atoms with van der Waals surface area (Å²) in [5.41, 5.74) is 4.26. The van der Waals surface area contributed by atoms with Gasteiger partial charge in [-0.25, -0.2) is 4.79 Å². The lowest BCUT2D eigenvalue weighted by Gasteiger charge is -2.27. The van der Waals surface area contributed by atoms with Crippen molar-refractivity contribution in [3.63, 3.8) is 0 Å². The standard InChI is InChI=1S/C19H28N2O3/c1-6-12(2)18(19(22)23)20-13(3)15-9-14-7-8-16(21(4)5)10-17(14)24-11-15/h7-8,10,12,18,20H,6,9,11H2,1-5H3,(H,22,23)/b15-13+/t12?,18-/m0/s1. The van der Waals surface area contributed by atoms with E-state index in [9.17, 15) is 9.90 Å². The Morgan fingerprint density at radius 2 is 2.12 bits per heavy atom. The number of ether oxygens (including phenoxy) is 1. The van der Waals surface area contributed by atoms with Crippen LogP contribution in [0, 0.1) is 5.92 Å². The summed E-state index contributed by atoms with van der Waals surface area (Å²) in [6, 6.07) is 5.64. The summed E-state index contributed by atoms with van der Waals surface area (Å²) in [6.07, 6.45) is 1.61. The summed E-state index contributed by atoms with van der Waals surface area (Å²) in [7, 11) is 4.01. The largest absolute Gasteiger partial charge is 0.489 e. The molecule has 2 rings (SSSR count). The molecule has 2 N–H and O–H groups in total. The molecule has 1 aliphatic rings. The molecule has 5 heteroatoms. The lowest BCUT2D eigenvalue weighted by atomic mass is 9.97. The fourth-order valence-electron chi connectivity index (χ4n) is 2.81. The van der Waals surface area contributed by atoms with Crippen molar-refractivity contribution in [3.8, 4) is 5.75 Å². The second-order valence-corrected chi connectivity index (χ2v) is 6.73. The minimum atomic E-state index is -0.808. The Labute approximate surface area is 144 Å². The molecule has 1 aliphatic heterocycles. The van der Waals surface area contributed by atoms with E-state index >= 15 is 0 Å². The molecule has 5 nitrogen and oxygen atoms in total. The normalized spacial score (nSPS) is 18.0. The molecule has 1 heterocycles. The van der Waals surface area contributed by atoms with Crippen molar-refractivity contribution in [1.82, 2.24) is 5.32 Å². The molecule has 0 aromatic heterocycles. The summed E-state index contributed by atoms with van der Waals surface area (Å²) < 4.78 is 5.90. The van der Waals surface area contributed by atoms with E-state index in [-0.39, 0.29) is 5.92 Å². The molecule has 0 saturated carbocycles. The number of fused-ring (bicyclic) bond motifs is 1. The highest BCUT2D eigenvalue weighted by molar-refractivity contribution is 5.74. The van der Waals surface area contributed by atoms with Gasteiger partial charge in [-0.15, -0.1) is 0 Å². The van der Waals surface area contributed by atoms with E-state index in [1.165, 1.54) is 0 Å². The van der Waals surface area contributed by atoms with E-state index in [0.29, 0.717) is 6.61 Å². The first-order valence-electron chi connectivity index (χ1n) is 8.44. The quantitative estimate of drug-likeness (QED) is 0.838. The van der Waals surface area contributed by atoms with Crippen LogP contribution in [0.4, 0.5) is 5.69 Å². The Morgan fingerprint density at radius 1 is 1.42 bits per heavy atom. The van der Waals surface area contributed by atoms with Crippen LogP contribution in [0.3, 0.4) is 0 Å². The van der Waals surface area contributed by atoms with Gasteiger partial charge in [-0.2, -0.15) is 0 Å². The Kier molecular flexibility index (Phi) is 5.75. The van der Waals surface area contributed by atoms with Crippen LogP contribution in [-0.2, 0) is 11.2 Å². The molecule has 1 aromatic carbocycles. The fourth-order valence-corrected chi connectivity index (χ4v) is 2.81. The van der Waals surface area contributed by atoms with Gasteiger partial charge in [0.1, 0.15) is 18.4 Å². The third-order valence-corrected chi connectivity index (χ3v) is 4.75. The van der Waals surface area contributed by atoms with Crippen LogP contribution in [0.5, 0.6) is 5.75 Å². The highest BCUT2D eigenvalue weighted by atomic mass is 16.5. The first-order valence-corrected chi connectivity index (χ1v) is 8.44. The van der Waals surface area contributed by atoms with Gasteiger partial charge in [0.25, 0.3) is 0 Å². The molecule has 0 aliphatic carbocycles. The smallest absolute Gasteiger partial charge is 0.326 e. The lowest BCUT2D eigenvalue weighted by molar-refractivity contribution is -0.140. The summed E-state index contributed by atoms with van der Waals surface area (Å²) in [4.78, 5) is 13.5. The zero-order chi connectivity index (χ0) is 17.9. The Hall–Kier alpha value is -2.17.